The standard InChI is InChI=1S/C45H84O10/c1-3-5-7-9-11-13-15-17-18-19-20-22-23-25-27-29-31-33-40(47)52-36-38(37-53-45-44(51)43(50)42(49)39(35-46)55-45)54-41(48)34-32-30-28-26-24-21-16-14-12-10-8-6-4-2/h14,16,38-39,42-46,49-51H,3-13,15,17-37H2,1-2H3/b16-14-. The van der Waals surface area contributed by atoms with Gasteiger partial charge in [0.2, 0.25) is 0 Å². The molecule has 0 spiro atoms. The van der Waals surface area contributed by atoms with E-state index in [0.717, 1.165) is 57.8 Å². The molecule has 0 saturated carbocycles. The lowest BCUT2D eigenvalue weighted by Crippen LogP contribution is -2.59. The zero-order valence-electron chi connectivity index (χ0n) is 35.2. The Hall–Kier alpha value is -1.56. The number of rotatable bonds is 38. The third-order valence-electron chi connectivity index (χ3n) is 10.7. The zero-order chi connectivity index (χ0) is 40.2. The molecule has 0 aromatic carbocycles. The Kier molecular flexibility index (Phi) is 34.4. The topological polar surface area (TPSA) is 152 Å². The van der Waals surface area contributed by atoms with Crippen LogP contribution in [0.5, 0.6) is 0 Å². The van der Waals surface area contributed by atoms with Gasteiger partial charge < -0.3 is 39.4 Å². The van der Waals surface area contributed by atoms with E-state index in [1.54, 1.807) is 0 Å². The van der Waals surface area contributed by atoms with Crippen LogP contribution in [0.15, 0.2) is 12.2 Å². The van der Waals surface area contributed by atoms with Crippen molar-refractivity contribution in [3.8, 4) is 0 Å². The average molecular weight is 785 g/mol. The second kappa shape index (κ2) is 36.8. The molecule has 0 aliphatic carbocycles. The predicted octanol–water partition coefficient (Wildman–Crippen LogP) is 9.56. The van der Waals surface area contributed by atoms with E-state index in [1.807, 2.05) is 0 Å². The maximum atomic E-state index is 12.7. The van der Waals surface area contributed by atoms with Gasteiger partial charge in [-0.3, -0.25) is 9.59 Å². The number of allylic oxidation sites excluding steroid dienone is 2. The molecule has 1 saturated heterocycles. The highest BCUT2D eigenvalue weighted by Gasteiger charge is 2.44. The third kappa shape index (κ3) is 28.5. The van der Waals surface area contributed by atoms with Crippen molar-refractivity contribution in [2.75, 3.05) is 19.8 Å². The van der Waals surface area contributed by atoms with Crippen molar-refractivity contribution in [1.82, 2.24) is 0 Å². The lowest BCUT2D eigenvalue weighted by Gasteiger charge is -2.39. The van der Waals surface area contributed by atoms with Crippen molar-refractivity contribution in [2.24, 2.45) is 0 Å². The Morgan fingerprint density at radius 1 is 0.545 bits per heavy atom. The first-order chi connectivity index (χ1) is 26.8. The number of hydrogen-bond donors (Lipinski definition) is 4. The minimum Gasteiger partial charge on any atom is -0.462 e. The van der Waals surface area contributed by atoms with E-state index in [9.17, 15) is 30.0 Å². The van der Waals surface area contributed by atoms with Crippen molar-refractivity contribution in [3.63, 3.8) is 0 Å². The molecule has 1 aliphatic heterocycles. The van der Waals surface area contributed by atoms with Gasteiger partial charge in [0, 0.05) is 12.8 Å². The van der Waals surface area contributed by atoms with Gasteiger partial charge in [0.1, 0.15) is 31.0 Å². The summed E-state index contributed by atoms with van der Waals surface area (Å²) in [5.74, 6) is -0.807. The van der Waals surface area contributed by atoms with Gasteiger partial charge in [0.25, 0.3) is 0 Å². The molecule has 10 heteroatoms. The molecular formula is C45H84O10. The third-order valence-corrected chi connectivity index (χ3v) is 10.7. The Morgan fingerprint density at radius 3 is 1.44 bits per heavy atom. The van der Waals surface area contributed by atoms with Gasteiger partial charge in [0.15, 0.2) is 12.4 Å². The normalized spacial score (nSPS) is 20.6. The van der Waals surface area contributed by atoms with Gasteiger partial charge in [0.05, 0.1) is 13.2 Å². The summed E-state index contributed by atoms with van der Waals surface area (Å²) in [5.41, 5.74) is 0. The van der Waals surface area contributed by atoms with E-state index in [2.05, 4.69) is 26.0 Å². The predicted molar refractivity (Wildman–Crippen MR) is 220 cm³/mol. The van der Waals surface area contributed by atoms with Crippen molar-refractivity contribution < 1.29 is 49.0 Å². The molecular weight excluding hydrogens is 700 g/mol. The molecule has 1 aliphatic rings. The van der Waals surface area contributed by atoms with Gasteiger partial charge in [-0.1, -0.05) is 167 Å². The van der Waals surface area contributed by atoms with Crippen molar-refractivity contribution in [3.05, 3.63) is 12.2 Å². The summed E-state index contributed by atoms with van der Waals surface area (Å²) in [5, 5.41) is 40.0. The van der Waals surface area contributed by atoms with Crippen LogP contribution in [0.2, 0.25) is 0 Å². The molecule has 0 amide bonds. The summed E-state index contributed by atoms with van der Waals surface area (Å²) in [7, 11) is 0. The van der Waals surface area contributed by atoms with Crippen LogP contribution in [0, 0.1) is 0 Å². The zero-order valence-corrected chi connectivity index (χ0v) is 35.2. The fourth-order valence-corrected chi connectivity index (χ4v) is 7.01. The molecule has 0 bridgehead atoms. The number of hydrogen-bond acceptors (Lipinski definition) is 10. The summed E-state index contributed by atoms with van der Waals surface area (Å²) in [6.45, 7) is 3.42. The number of unbranched alkanes of at least 4 members (excludes halogenated alkanes) is 25. The number of ether oxygens (including phenoxy) is 4. The molecule has 0 radical (unpaired) electrons. The number of carbonyl (C=O) groups excluding carboxylic acids is 2. The fourth-order valence-electron chi connectivity index (χ4n) is 7.01. The molecule has 1 heterocycles. The Balaban J connectivity index is 2.30. The van der Waals surface area contributed by atoms with E-state index in [4.69, 9.17) is 18.9 Å². The fraction of sp³-hybridized carbons (Fsp3) is 0.911. The van der Waals surface area contributed by atoms with Gasteiger partial charge in [-0.2, -0.15) is 0 Å². The molecule has 4 N–H and O–H groups in total. The van der Waals surface area contributed by atoms with E-state index >= 15 is 0 Å². The van der Waals surface area contributed by atoms with Crippen LogP contribution in [0.25, 0.3) is 0 Å². The van der Waals surface area contributed by atoms with Crippen LogP contribution >= 0.6 is 0 Å². The van der Waals surface area contributed by atoms with E-state index < -0.39 is 49.4 Å². The van der Waals surface area contributed by atoms with Gasteiger partial charge >= 0.3 is 11.9 Å². The summed E-state index contributed by atoms with van der Waals surface area (Å²) in [6, 6.07) is 0. The lowest BCUT2D eigenvalue weighted by atomic mass is 9.99. The van der Waals surface area contributed by atoms with Crippen LogP contribution in [-0.2, 0) is 28.5 Å². The monoisotopic (exact) mass is 785 g/mol. The Labute approximate surface area is 335 Å². The molecule has 0 aromatic heterocycles. The van der Waals surface area contributed by atoms with Crippen LogP contribution in [0.3, 0.4) is 0 Å². The lowest BCUT2D eigenvalue weighted by molar-refractivity contribution is -0.305. The summed E-state index contributed by atoms with van der Waals surface area (Å²) < 4.78 is 22.1. The summed E-state index contributed by atoms with van der Waals surface area (Å²) >= 11 is 0. The maximum Gasteiger partial charge on any atom is 0.306 e. The minimum atomic E-state index is -1.59. The molecule has 6 atom stereocenters. The summed E-state index contributed by atoms with van der Waals surface area (Å²) in [6.07, 6.45) is 30.7. The molecule has 0 aromatic rings. The Morgan fingerprint density at radius 2 is 0.964 bits per heavy atom. The first kappa shape index (κ1) is 51.5. The number of aliphatic hydroxyl groups is 4. The van der Waals surface area contributed by atoms with Crippen LogP contribution in [-0.4, -0.2) is 89.0 Å². The first-order valence-corrected chi connectivity index (χ1v) is 22.8. The highest BCUT2D eigenvalue weighted by Crippen LogP contribution is 2.23. The molecule has 324 valence electrons. The largest absolute Gasteiger partial charge is 0.462 e. The first-order valence-electron chi connectivity index (χ1n) is 22.8. The molecule has 55 heavy (non-hydrogen) atoms. The highest BCUT2D eigenvalue weighted by atomic mass is 16.7. The van der Waals surface area contributed by atoms with Crippen LogP contribution < -0.4 is 0 Å². The van der Waals surface area contributed by atoms with Gasteiger partial charge in [-0.05, 0) is 38.5 Å². The van der Waals surface area contributed by atoms with Crippen molar-refractivity contribution in [1.29, 1.82) is 0 Å². The average Bonchev–Trinajstić information content (AvgIpc) is 3.18. The second-order valence-corrected chi connectivity index (χ2v) is 15.9. The number of aliphatic hydroxyl groups excluding tert-OH is 4. The number of esters is 2. The molecule has 1 rings (SSSR count). The van der Waals surface area contributed by atoms with E-state index in [-0.39, 0.29) is 32.0 Å². The van der Waals surface area contributed by atoms with Crippen molar-refractivity contribution >= 4 is 11.9 Å². The second-order valence-electron chi connectivity index (χ2n) is 15.9. The van der Waals surface area contributed by atoms with Crippen molar-refractivity contribution in [2.45, 2.75) is 243 Å². The summed E-state index contributed by atoms with van der Waals surface area (Å²) in [4.78, 5) is 25.3. The smallest absolute Gasteiger partial charge is 0.306 e. The Bertz CT molecular complexity index is 912. The molecule has 6 unspecified atom stereocenters. The number of carbonyl (C=O) groups is 2. The van der Waals surface area contributed by atoms with E-state index in [1.165, 1.54) is 116 Å². The minimum absolute atomic E-state index is 0.215. The maximum absolute atomic E-state index is 12.7. The van der Waals surface area contributed by atoms with Gasteiger partial charge in [-0.25, -0.2) is 0 Å². The van der Waals surface area contributed by atoms with Crippen LogP contribution in [0.1, 0.15) is 206 Å². The quantitative estimate of drug-likeness (QED) is 0.0271. The molecule has 1 fully saturated rings. The highest BCUT2D eigenvalue weighted by molar-refractivity contribution is 5.70. The molecule has 10 nitrogen and oxygen atoms in total. The van der Waals surface area contributed by atoms with Gasteiger partial charge in [-0.15, -0.1) is 0 Å². The van der Waals surface area contributed by atoms with Crippen LogP contribution in [0.4, 0.5) is 0 Å². The van der Waals surface area contributed by atoms with E-state index in [0.29, 0.717) is 6.42 Å². The SMILES string of the molecule is CCCCCC/C=C\CCCCCCCC(=O)OC(COC(=O)CCCCCCCCCCCCCCCCCCC)COC1OC(CO)C(O)C(O)C1O.